The Morgan fingerprint density at radius 2 is 1.02 bits per heavy atom. The third kappa shape index (κ3) is 41.1. The molecule has 0 aromatic carbocycles. The Morgan fingerprint density at radius 3 is 1.58 bits per heavy atom. The number of phosphoric ester groups is 1. The van der Waals surface area contributed by atoms with Gasteiger partial charge in [0.15, 0.2) is 6.10 Å². The number of unbranched alkanes of at least 4 members (excludes halogenated alkanes) is 12. The first-order valence-corrected chi connectivity index (χ1v) is 23.1. The third-order valence-corrected chi connectivity index (χ3v) is 9.51. The zero-order valence-electron chi connectivity index (χ0n) is 35.3. The molecule has 0 aromatic rings. The second-order valence-corrected chi connectivity index (χ2v) is 15.5. The highest BCUT2D eigenvalue weighted by molar-refractivity contribution is 7.47. The quantitative estimate of drug-likeness (QED) is 0.0180. The van der Waals surface area contributed by atoms with E-state index in [0.717, 1.165) is 89.9 Å². The van der Waals surface area contributed by atoms with Crippen LogP contribution in [0.5, 0.6) is 0 Å². The van der Waals surface area contributed by atoms with E-state index < -0.39 is 51.8 Å². The Labute approximate surface area is 345 Å². The van der Waals surface area contributed by atoms with Gasteiger partial charge in [0.05, 0.1) is 19.8 Å². The van der Waals surface area contributed by atoms with E-state index in [9.17, 15) is 24.2 Å². The molecule has 0 spiro atoms. The summed E-state index contributed by atoms with van der Waals surface area (Å²) in [6, 6.07) is 0. The number of esters is 2. The summed E-state index contributed by atoms with van der Waals surface area (Å²) < 4.78 is 32.7. The molecule has 57 heavy (non-hydrogen) atoms. The molecule has 0 aliphatic heterocycles. The lowest BCUT2D eigenvalue weighted by molar-refractivity contribution is -0.161. The second kappa shape index (κ2) is 41.3. The normalized spacial score (nSPS) is 14.7. The lowest BCUT2D eigenvalue weighted by atomic mass is 10.1. The molecule has 3 N–H and O–H groups in total. The largest absolute Gasteiger partial charge is 0.472 e. The van der Waals surface area contributed by atoms with Gasteiger partial charge >= 0.3 is 19.8 Å². The summed E-state index contributed by atoms with van der Waals surface area (Å²) in [5.41, 5.74) is 0. The lowest BCUT2D eigenvalue weighted by Crippen LogP contribution is -2.29. The SMILES string of the molecule is CC/C=C/C/C=C/C/C=C/C/C=C/C/C=C/CCCCCC(=O)O[C@H](COC(=O)CCCCCCC/C=C/C=C/CCCCCC)COP(=O)(O)OC[C@@H](O)CO. The molecule has 1 unspecified atom stereocenters. The zero-order chi connectivity index (χ0) is 41.9. The van der Waals surface area contributed by atoms with Crippen LogP contribution < -0.4 is 0 Å². The van der Waals surface area contributed by atoms with E-state index in [2.05, 4.69) is 103 Å². The number of rotatable bonds is 39. The van der Waals surface area contributed by atoms with Crippen LogP contribution in [0.1, 0.15) is 155 Å². The van der Waals surface area contributed by atoms with Crippen molar-refractivity contribution >= 4 is 19.8 Å². The lowest BCUT2D eigenvalue weighted by Gasteiger charge is -2.20. The van der Waals surface area contributed by atoms with Gasteiger partial charge in [0.25, 0.3) is 0 Å². The zero-order valence-corrected chi connectivity index (χ0v) is 36.2. The van der Waals surface area contributed by atoms with Crippen LogP contribution in [0.3, 0.4) is 0 Å². The van der Waals surface area contributed by atoms with Crippen LogP contribution >= 0.6 is 7.82 Å². The van der Waals surface area contributed by atoms with Crippen LogP contribution in [0.2, 0.25) is 0 Å². The molecule has 3 atom stereocenters. The van der Waals surface area contributed by atoms with Gasteiger partial charge in [-0.1, -0.05) is 144 Å². The molecule has 0 aliphatic rings. The molecule has 10 nitrogen and oxygen atoms in total. The maximum Gasteiger partial charge on any atom is 0.472 e. The van der Waals surface area contributed by atoms with Gasteiger partial charge in [-0.25, -0.2) is 4.57 Å². The summed E-state index contributed by atoms with van der Waals surface area (Å²) in [6.07, 6.45) is 48.3. The molecule has 0 bridgehead atoms. The van der Waals surface area contributed by atoms with Crippen molar-refractivity contribution in [2.75, 3.05) is 26.4 Å². The number of aliphatic hydroxyl groups excluding tert-OH is 2. The van der Waals surface area contributed by atoms with Gasteiger partial charge in [-0.15, -0.1) is 0 Å². The summed E-state index contributed by atoms with van der Waals surface area (Å²) >= 11 is 0. The Kier molecular flexibility index (Phi) is 39.2. The van der Waals surface area contributed by atoms with Crippen LogP contribution in [-0.2, 0) is 32.7 Å². The minimum Gasteiger partial charge on any atom is -0.462 e. The Hall–Kier alpha value is -2.85. The molecule has 11 heteroatoms. The first kappa shape index (κ1) is 54.2. The van der Waals surface area contributed by atoms with Crippen LogP contribution in [0, 0.1) is 0 Å². The molecule has 0 rings (SSSR count). The maximum absolute atomic E-state index is 12.6. The van der Waals surface area contributed by atoms with Crippen molar-refractivity contribution in [1.29, 1.82) is 0 Å². The molecule has 0 aromatic heterocycles. The molecule has 0 amide bonds. The molecule has 0 radical (unpaired) electrons. The molecule has 0 saturated carbocycles. The van der Waals surface area contributed by atoms with Gasteiger partial charge in [0.1, 0.15) is 12.7 Å². The molecular weight excluding hydrogens is 743 g/mol. The van der Waals surface area contributed by atoms with Crippen molar-refractivity contribution in [3.63, 3.8) is 0 Å². The van der Waals surface area contributed by atoms with Crippen molar-refractivity contribution < 1.29 is 47.8 Å². The predicted molar refractivity (Wildman–Crippen MR) is 233 cm³/mol. The van der Waals surface area contributed by atoms with Gasteiger partial charge in [0.2, 0.25) is 0 Å². The highest BCUT2D eigenvalue weighted by Crippen LogP contribution is 2.43. The number of allylic oxidation sites excluding steroid dienone is 14. The summed E-state index contributed by atoms with van der Waals surface area (Å²) in [5, 5.41) is 18.3. The van der Waals surface area contributed by atoms with Gasteiger partial charge in [0, 0.05) is 12.8 Å². The maximum atomic E-state index is 12.6. The van der Waals surface area contributed by atoms with Gasteiger partial charge in [-0.05, 0) is 83.5 Å². The fourth-order valence-corrected chi connectivity index (χ4v) is 6.03. The van der Waals surface area contributed by atoms with Crippen LogP contribution in [-0.4, -0.2) is 65.7 Å². The molecule has 326 valence electrons. The average molecular weight is 821 g/mol. The van der Waals surface area contributed by atoms with Crippen molar-refractivity contribution in [2.45, 2.75) is 167 Å². The Balaban J connectivity index is 4.42. The fourth-order valence-electron chi connectivity index (χ4n) is 5.24. The highest BCUT2D eigenvalue weighted by Gasteiger charge is 2.27. The van der Waals surface area contributed by atoms with Crippen molar-refractivity contribution in [3.05, 3.63) is 85.1 Å². The monoisotopic (exact) mass is 821 g/mol. The van der Waals surface area contributed by atoms with Crippen molar-refractivity contribution in [1.82, 2.24) is 0 Å². The number of phosphoric acid groups is 1. The number of carbonyl (C=O) groups excluding carboxylic acids is 2. The number of hydrogen-bond donors (Lipinski definition) is 3. The van der Waals surface area contributed by atoms with Crippen LogP contribution in [0.25, 0.3) is 0 Å². The topological polar surface area (TPSA) is 149 Å². The van der Waals surface area contributed by atoms with Crippen molar-refractivity contribution in [2.24, 2.45) is 0 Å². The highest BCUT2D eigenvalue weighted by atomic mass is 31.2. The molecule has 0 saturated heterocycles. The van der Waals surface area contributed by atoms with E-state index in [1.54, 1.807) is 0 Å². The number of carbonyl (C=O) groups is 2. The Morgan fingerprint density at radius 1 is 0.561 bits per heavy atom. The number of aliphatic hydroxyl groups is 2. The average Bonchev–Trinajstić information content (AvgIpc) is 3.20. The third-order valence-electron chi connectivity index (χ3n) is 8.56. The number of hydrogen-bond acceptors (Lipinski definition) is 9. The minimum atomic E-state index is -4.64. The van der Waals surface area contributed by atoms with E-state index >= 15 is 0 Å². The first-order valence-electron chi connectivity index (χ1n) is 21.6. The summed E-state index contributed by atoms with van der Waals surface area (Å²) in [7, 11) is -4.64. The molecule has 0 aliphatic carbocycles. The standard InChI is InChI=1S/C46H77O10P/c1-3-5-7-9-11-13-15-17-19-20-21-22-24-26-28-30-32-34-36-38-46(50)56-44(42-55-57(51,52)54-40-43(48)39-47)41-53-45(49)37-35-33-31-29-27-25-23-18-16-14-12-10-8-6-4-2/h5,7,11,13-14,16-19,21-23,26,28,43-44,47-48H,3-4,6,8-10,12,15,20,24-25,27,29-42H2,1-2H3,(H,51,52)/b7-5+,13-11+,16-14+,19-17+,22-21+,23-18+,28-26+/t43-,44+/m0/s1. The van der Waals surface area contributed by atoms with Crippen LogP contribution in [0.4, 0.5) is 0 Å². The first-order chi connectivity index (χ1) is 27.7. The molecule has 0 heterocycles. The van der Waals surface area contributed by atoms with E-state index in [1.807, 2.05) is 0 Å². The van der Waals surface area contributed by atoms with E-state index in [1.165, 1.54) is 25.7 Å². The van der Waals surface area contributed by atoms with Gasteiger partial charge < -0.3 is 24.6 Å². The summed E-state index contributed by atoms with van der Waals surface area (Å²) in [6.45, 7) is 2.17. The summed E-state index contributed by atoms with van der Waals surface area (Å²) in [4.78, 5) is 35.0. The van der Waals surface area contributed by atoms with Crippen molar-refractivity contribution in [3.8, 4) is 0 Å². The van der Waals surface area contributed by atoms with E-state index in [4.69, 9.17) is 19.1 Å². The number of ether oxygens (including phenoxy) is 2. The van der Waals surface area contributed by atoms with Gasteiger partial charge in [-0.2, -0.15) is 0 Å². The molecule has 0 fully saturated rings. The predicted octanol–water partition coefficient (Wildman–Crippen LogP) is 11.4. The molecular formula is C46H77O10P. The second-order valence-electron chi connectivity index (χ2n) is 14.0. The smallest absolute Gasteiger partial charge is 0.462 e. The minimum absolute atomic E-state index is 0.137. The van der Waals surface area contributed by atoms with E-state index in [0.29, 0.717) is 12.8 Å². The summed E-state index contributed by atoms with van der Waals surface area (Å²) in [5.74, 6) is -0.989. The Bertz CT molecular complexity index is 1220. The van der Waals surface area contributed by atoms with Crippen LogP contribution in [0.15, 0.2) is 85.1 Å². The van der Waals surface area contributed by atoms with E-state index in [-0.39, 0.29) is 19.4 Å². The van der Waals surface area contributed by atoms with Gasteiger partial charge in [-0.3, -0.25) is 18.6 Å². The fraction of sp³-hybridized carbons (Fsp3) is 0.652.